The number of benzene rings is 1. The second kappa shape index (κ2) is 6.66. The fourth-order valence-corrected chi connectivity index (χ4v) is 3.47. The molecule has 0 amide bonds. The van der Waals surface area contributed by atoms with Crippen LogP contribution < -0.4 is 5.32 Å². The molecular weight excluding hydrogens is 335 g/mol. The summed E-state index contributed by atoms with van der Waals surface area (Å²) in [6.45, 7) is 4.85. The van der Waals surface area contributed by atoms with Crippen LogP contribution in [0.1, 0.15) is 17.5 Å². The zero-order valence-electron chi connectivity index (χ0n) is 14.7. The number of hydrogen-bond donors (Lipinski definition) is 2. The number of hydrogen-bond acceptors (Lipinski definition) is 5. The van der Waals surface area contributed by atoms with Crippen LogP contribution in [0.3, 0.4) is 0 Å². The van der Waals surface area contributed by atoms with Crippen molar-refractivity contribution in [3.63, 3.8) is 0 Å². The van der Waals surface area contributed by atoms with Crippen LogP contribution in [-0.2, 0) is 4.74 Å². The Morgan fingerprint density at radius 3 is 2.81 bits per heavy atom. The van der Waals surface area contributed by atoms with Gasteiger partial charge in [0.15, 0.2) is 5.82 Å². The van der Waals surface area contributed by atoms with E-state index in [4.69, 9.17) is 4.74 Å². The van der Waals surface area contributed by atoms with E-state index in [1.807, 2.05) is 32.0 Å². The summed E-state index contributed by atoms with van der Waals surface area (Å²) >= 11 is 0. The molecule has 0 radical (unpaired) electrons. The molecule has 1 fully saturated rings. The lowest BCUT2D eigenvalue weighted by atomic mass is 10.0. The van der Waals surface area contributed by atoms with Crippen molar-refractivity contribution in [2.24, 2.45) is 0 Å². The third kappa shape index (κ3) is 2.93. The monoisotopic (exact) mass is 356 g/mol. The van der Waals surface area contributed by atoms with Gasteiger partial charge in [-0.15, -0.1) is 5.10 Å². The summed E-state index contributed by atoms with van der Waals surface area (Å²) < 4.78 is 21.2. The van der Waals surface area contributed by atoms with E-state index in [1.165, 1.54) is 12.3 Å². The lowest BCUT2D eigenvalue weighted by Gasteiger charge is -2.28. The normalized spacial score (nSPS) is 20.5. The number of ether oxygens (including phenoxy) is 1. The highest BCUT2D eigenvalue weighted by Gasteiger charge is 2.25. The maximum absolute atomic E-state index is 14.4. The molecule has 4 rings (SSSR count). The zero-order valence-corrected chi connectivity index (χ0v) is 14.7. The molecule has 0 unspecified atom stereocenters. The van der Waals surface area contributed by atoms with Crippen molar-refractivity contribution in [2.75, 3.05) is 18.5 Å². The lowest BCUT2D eigenvalue weighted by Crippen LogP contribution is -2.42. The van der Waals surface area contributed by atoms with Crippen molar-refractivity contribution in [3.05, 3.63) is 47.4 Å². The summed E-state index contributed by atoms with van der Waals surface area (Å²) in [6.07, 6.45) is 1.50. The molecule has 136 valence electrons. The van der Waals surface area contributed by atoms with Crippen molar-refractivity contribution in [2.45, 2.75) is 32.4 Å². The first-order valence-corrected chi connectivity index (χ1v) is 8.68. The van der Waals surface area contributed by atoms with E-state index in [2.05, 4.69) is 15.4 Å². The lowest BCUT2D eigenvalue weighted by molar-refractivity contribution is -0.0136. The second-order valence-electron chi connectivity index (χ2n) is 6.70. The van der Waals surface area contributed by atoms with E-state index in [-0.39, 0.29) is 18.5 Å². The van der Waals surface area contributed by atoms with E-state index < -0.39 is 6.10 Å². The van der Waals surface area contributed by atoms with Crippen molar-refractivity contribution in [1.29, 1.82) is 0 Å². The van der Waals surface area contributed by atoms with Crippen molar-refractivity contribution in [3.8, 4) is 11.3 Å². The Kier molecular flexibility index (Phi) is 4.34. The van der Waals surface area contributed by atoms with Gasteiger partial charge in [-0.1, -0.05) is 18.2 Å². The van der Waals surface area contributed by atoms with Gasteiger partial charge in [0.25, 0.3) is 0 Å². The SMILES string of the molecule is Cc1cccc(C)c1-c1cc(F)c2cnc(N[C@@H]3CCOC[C@H]3O)nn12. The first-order chi connectivity index (χ1) is 12.5. The molecule has 3 aromatic rings. The Hall–Kier alpha value is -2.51. The first-order valence-electron chi connectivity index (χ1n) is 8.68. The number of nitrogens with zero attached hydrogens (tertiary/aromatic N) is 3. The Morgan fingerprint density at radius 2 is 2.08 bits per heavy atom. The van der Waals surface area contributed by atoms with E-state index >= 15 is 0 Å². The van der Waals surface area contributed by atoms with Gasteiger partial charge < -0.3 is 15.2 Å². The third-order valence-electron chi connectivity index (χ3n) is 4.85. The number of nitrogens with one attached hydrogen (secondary N) is 1. The standard InChI is InChI=1S/C19H21FN4O2/c1-11-4-3-5-12(2)18(11)15-8-13(20)16-9-21-19(23-24(15)16)22-14-6-7-26-10-17(14)25/h3-5,8-9,14,17,25H,6-7,10H2,1-2H3,(H,22,23)/t14-,17-/m1/s1. The Bertz CT molecular complexity index is 936. The molecule has 0 spiro atoms. The minimum Gasteiger partial charge on any atom is -0.389 e. The Morgan fingerprint density at radius 1 is 1.31 bits per heavy atom. The van der Waals surface area contributed by atoms with Gasteiger partial charge in [0.1, 0.15) is 5.52 Å². The van der Waals surface area contributed by atoms with Crippen LogP contribution in [0.25, 0.3) is 16.8 Å². The molecule has 1 aliphatic heterocycles. The number of aliphatic hydroxyl groups is 1. The quantitative estimate of drug-likeness (QED) is 0.755. The minimum atomic E-state index is -0.623. The average molecular weight is 356 g/mol. The molecule has 1 aromatic carbocycles. The molecule has 1 aliphatic rings. The predicted octanol–water partition coefficient (Wildman–Crippen LogP) is 2.71. The summed E-state index contributed by atoms with van der Waals surface area (Å²) in [5, 5.41) is 17.7. The molecule has 1 saturated heterocycles. The van der Waals surface area contributed by atoms with Gasteiger partial charge in [0, 0.05) is 18.2 Å². The number of rotatable bonds is 3. The van der Waals surface area contributed by atoms with Gasteiger partial charge in [-0.05, 0) is 31.4 Å². The number of fused-ring (bicyclic) bond motifs is 1. The Labute approximate surface area is 150 Å². The highest BCUT2D eigenvalue weighted by atomic mass is 19.1. The molecule has 2 N–H and O–H groups in total. The summed E-state index contributed by atoms with van der Waals surface area (Å²) in [7, 11) is 0. The van der Waals surface area contributed by atoms with Crippen LogP contribution in [0.2, 0.25) is 0 Å². The molecule has 3 heterocycles. The van der Waals surface area contributed by atoms with Crippen LogP contribution in [0, 0.1) is 19.7 Å². The van der Waals surface area contributed by atoms with Crippen LogP contribution >= 0.6 is 0 Å². The molecule has 2 aromatic heterocycles. The molecule has 26 heavy (non-hydrogen) atoms. The largest absolute Gasteiger partial charge is 0.389 e. The number of anilines is 1. The summed E-state index contributed by atoms with van der Waals surface area (Å²) in [4.78, 5) is 4.21. The number of aryl methyl sites for hydroxylation is 2. The van der Waals surface area contributed by atoms with Crippen molar-refractivity contribution >= 4 is 11.5 Å². The second-order valence-corrected chi connectivity index (χ2v) is 6.70. The van der Waals surface area contributed by atoms with Gasteiger partial charge in [-0.25, -0.2) is 13.9 Å². The topological polar surface area (TPSA) is 71.7 Å². The van der Waals surface area contributed by atoms with Crippen LogP contribution in [0.15, 0.2) is 30.5 Å². The number of halogens is 1. The average Bonchev–Trinajstić information content (AvgIpc) is 2.93. The summed E-state index contributed by atoms with van der Waals surface area (Å²) in [5.41, 5.74) is 4.07. The van der Waals surface area contributed by atoms with E-state index in [0.29, 0.717) is 30.2 Å². The molecule has 0 saturated carbocycles. The Balaban J connectivity index is 1.78. The van der Waals surface area contributed by atoms with Gasteiger partial charge >= 0.3 is 0 Å². The van der Waals surface area contributed by atoms with Crippen molar-refractivity contribution in [1.82, 2.24) is 14.6 Å². The molecule has 2 atom stereocenters. The third-order valence-corrected chi connectivity index (χ3v) is 4.85. The molecular formula is C19H21FN4O2. The molecule has 0 aliphatic carbocycles. The minimum absolute atomic E-state index is 0.190. The van der Waals surface area contributed by atoms with Crippen LogP contribution in [0.4, 0.5) is 10.3 Å². The van der Waals surface area contributed by atoms with E-state index in [1.54, 1.807) is 4.52 Å². The van der Waals surface area contributed by atoms with Crippen molar-refractivity contribution < 1.29 is 14.2 Å². The summed E-state index contributed by atoms with van der Waals surface area (Å²) in [5.74, 6) is -0.00755. The zero-order chi connectivity index (χ0) is 18.3. The highest BCUT2D eigenvalue weighted by molar-refractivity contribution is 5.72. The predicted molar refractivity (Wildman–Crippen MR) is 96.7 cm³/mol. The maximum Gasteiger partial charge on any atom is 0.241 e. The summed E-state index contributed by atoms with van der Waals surface area (Å²) in [6, 6.07) is 7.28. The first kappa shape index (κ1) is 16.9. The van der Waals surface area contributed by atoms with Gasteiger partial charge in [-0.2, -0.15) is 0 Å². The molecule has 7 heteroatoms. The smallest absolute Gasteiger partial charge is 0.241 e. The van der Waals surface area contributed by atoms with Crippen LogP contribution in [0.5, 0.6) is 0 Å². The highest BCUT2D eigenvalue weighted by Crippen LogP contribution is 2.30. The maximum atomic E-state index is 14.4. The van der Waals surface area contributed by atoms with Gasteiger partial charge in [-0.3, -0.25) is 0 Å². The number of aromatic nitrogens is 3. The van der Waals surface area contributed by atoms with E-state index in [0.717, 1.165) is 16.7 Å². The van der Waals surface area contributed by atoms with E-state index in [9.17, 15) is 9.50 Å². The van der Waals surface area contributed by atoms with Gasteiger partial charge in [0.05, 0.1) is 30.6 Å². The van der Waals surface area contributed by atoms with Crippen LogP contribution in [-0.4, -0.2) is 45.1 Å². The van der Waals surface area contributed by atoms with Gasteiger partial charge in [0.2, 0.25) is 5.95 Å². The molecule has 0 bridgehead atoms. The molecule has 6 nitrogen and oxygen atoms in total. The number of aliphatic hydroxyl groups excluding tert-OH is 1. The fraction of sp³-hybridized carbons (Fsp3) is 0.368. The fourth-order valence-electron chi connectivity index (χ4n) is 3.47.